The van der Waals surface area contributed by atoms with Crippen LogP contribution in [0.2, 0.25) is 0 Å². The van der Waals surface area contributed by atoms with Gasteiger partial charge in [-0.15, -0.1) is 0 Å². The third-order valence-corrected chi connectivity index (χ3v) is 14.7. The Kier molecular flexibility index (Phi) is 24.8. The van der Waals surface area contributed by atoms with Crippen LogP contribution in [0.5, 0.6) is 0 Å². The van der Waals surface area contributed by atoms with E-state index in [9.17, 15) is 33.6 Å². The SMILES string of the molecule is NC(=O)[C@@H]1CSCc2cccc(c2)CSC[C@@H](NC(=O)CC(c2ccccc2)c2ccccc2)C(=O)N[C@@H](CCCN=C(N)N)C(=O)N[C@@H](CS)C(=O)N[C@@H](CCCN=C(N)N)C(=O)N[C@@H](Cc2ccccc2)C(=O)N1. The van der Waals surface area contributed by atoms with Gasteiger partial charge in [0.15, 0.2) is 11.9 Å². The van der Waals surface area contributed by atoms with E-state index in [4.69, 9.17) is 28.7 Å². The van der Waals surface area contributed by atoms with Crippen molar-refractivity contribution in [2.45, 2.75) is 92.2 Å². The monoisotopic (exact) mass is 1100 g/mol. The molecule has 1 heterocycles. The molecule has 4 aromatic carbocycles. The molecule has 1 aliphatic heterocycles. The minimum absolute atomic E-state index is 0.00459. The number of nitrogens with zero attached hydrogens (tertiary/aromatic N) is 2. The number of benzene rings is 4. The number of amides is 7. The molecule has 0 radical (unpaired) electrons. The Hall–Kier alpha value is -7.24. The van der Waals surface area contributed by atoms with Gasteiger partial charge in [-0.1, -0.05) is 115 Å². The van der Waals surface area contributed by atoms with E-state index in [1.165, 1.54) is 23.5 Å². The van der Waals surface area contributed by atoms with Crippen LogP contribution in [-0.2, 0) is 51.5 Å². The number of aliphatic imine (C=N–C) groups is 2. The second-order valence-corrected chi connectivity index (χ2v) is 20.5. The van der Waals surface area contributed by atoms with Crippen molar-refractivity contribution in [3.63, 3.8) is 0 Å². The number of carbonyl (C=O) groups is 7. The van der Waals surface area contributed by atoms with Crippen LogP contribution >= 0.6 is 36.2 Å². The fourth-order valence-electron chi connectivity index (χ4n) is 8.17. The van der Waals surface area contributed by atoms with Gasteiger partial charge in [-0.2, -0.15) is 36.2 Å². The molecule has 0 aliphatic carbocycles. The van der Waals surface area contributed by atoms with E-state index in [0.717, 1.165) is 22.3 Å². The summed E-state index contributed by atoms with van der Waals surface area (Å²) in [6.45, 7) is 0.197. The Labute approximate surface area is 457 Å². The number of fused-ring (bicyclic) bond motifs is 2. The number of primary amides is 1. The van der Waals surface area contributed by atoms with E-state index in [-0.39, 0.29) is 86.7 Å². The van der Waals surface area contributed by atoms with Crippen LogP contribution < -0.4 is 60.6 Å². The molecule has 2 bridgehead atoms. The quantitative estimate of drug-likeness (QED) is 0.0305. The molecule has 4 aromatic rings. The van der Waals surface area contributed by atoms with Crippen LogP contribution in [0.25, 0.3) is 0 Å². The molecule has 1 aliphatic rings. The fourth-order valence-corrected chi connectivity index (χ4v) is 10.5. The van der Waals surface area contributed by atoms with Crippen LogP contribution in [-0.4, -0.2) is 120 Å². The molecule has 6 atom stereocenters. The van der Waals surface area contributed by atoms with Crippen molar-refractivity contribution in [3.05, 3.63) is 143 Å². The highest BCUT2D eigenvalue weighted by Gasteiger charge is 2.34. The molecule has 16 N–H and O–H groups in total. The number of rotatable bonds is 17. The first-order valence-corrected chi connectivity index (χ1v) is 27.7. The second-order valence-electron chi connectivity index (χ2n) is 18.0. The Balaban J connectivity index is 1.49. The molecule has 406 valence electrons. The summed E-state index contributed by atoms with van der Waals surface area (Å²) in [5.41, 5.74) is 32.4. The van der Waals surface area contributed by atoms with Crippen molar-refractivity contribution >= 4 is 89.4 Å². The highest BCUT2D eigenvalue weighted by molar-refractivity contribution is 7.98. The van der Waals surface area contributed by atoms with Gasteiger partial charge < -0.3 is 60.6 Å². The first-order chi connectivity index (χ1) is 36.6. The molecule has 76 heavy (non-hydrogen) atoms. The maximum Gasteiger partial charge on any atom is 0.244 e. The standard InChI is InChI=1S/C53H69N13O7S3/c54-46(68)43-31-75-29-34-15-10-16-35(25-34)30-76-32-44(61-45(67)27-38(36-17-6-2-7-18-36)37-19-8-3-9-20-37)51(73)63-40(22-12-24-60-53(57)58)48(70)65-42(28-74)50(72)62-39(21-11-23-59-52(55)56)47(69)64-41(49(71)66-43)26-33-13-4-1-5-14-33/h1-10,13-20,25,38-44,74H,11-12,21-24,26-32H2,(H2,54,68)(H,61,67)(H,62,72)(H,63,73)(H,64,69)(H,65,70)(H,66,71)(H4,55,56,59)(H4,57,58,60)/t39-,40-,41-,42-,43-,44+/m0/s1. The van der Waals surface area contributed by atoms with Crippen LogP contribution in [0.1, 0.15) is 65.8 Å². The van der Waals surface area contributed by atoms with E-state index in [0.29, 0.717) is 17.1 Å². The molecule has 20 nitrogen and oxygen atoms in total. The number of guanidine groups is 2. The van der Waals surface area contributed by atoms with E-state index in [2.05, 4.69) is 54.5 Å². The molecule has 23 heteroatoms. The number of thiol groups is 1. The molecule has 0 aromatic heterocycles. The van der Waals surface area contributed by atoms with Crippen LogP contribution in [0.15, 0.2) is 125 Å². The minimum Gasteiger partial charge on any atom is -0.370 e. The number of hydrogen-bond acceptors (Lipinski definition) is 12. The highest BCUT2D eigenvalue weighted by Crippen LogP contribution is 2.28. The summed E-state index contributed by atoms with van der Waals surface area (Å²) in [5.74, 6) is -4.75. The summed E-state index contributed by atoms with van der Waals surface area (Å²) in [6.07, 6.45) is 0.427. The number of carbonyl (C=O) groups excluding carboxylic acids is 7. The topological polar surface area (TPSA) is 346 Å². The Morgan fingerprint density at radius 1 is 0.579 bits per heavy atom. The molecule has 0 spiro atoms. The van der Waals surface area contributed by atoms with Crippen LogP contribution in [0.4, 0.5) is 0 Å². The number of hydrogen-bond donors (Lipinski definition) is 12. The van der Waals surface area contributed by atoms with Gasteiger partial charge in [-0.05, 0) is 53.5 Å². The van der Waals surface area contributed by atoms with Gasteiger partial charge in [0.25, 0.3) is 0 Å². The first kappa shape index (κ1) is 59.6. The average molecular weight is 1100 g/mol. The van der Waals surface area contributed by atoms with Gasteiger partial charge >= 0.3 is 0 Å². The summed E-state index contributed by atoms with van der Waals surface area (Å²) in [4.78, 5) is 107. The zero-order valence-electron chi connectivity index (χ0n) is 42.1. The van der Waals surface area contributed by atoms with Crippen molar-refractivity contribution < 1.29 is 33.6 Å². The molecule has 0 saturated carbocycles. The van der Waals surface area contributed by atoms with E-state index in [1.54, 1.807) is 30.3 Å². The van der Waals surface area contributed by atoms with Gasteiger partial charge in [0.2, 0.25) is 41.4 Å². The second kappa shape index (κ2) is 31.6. The lowest BCUT2D eigenvalue weighted by atomic mass is 9.88. The largest absolute Gasteiger partial charge is 0.370 e. The zero-order valence-corrected chi connectivity index (χ0v) is 44.6. The summed E-state index contributed by atoms with van der Waals surface area (Å²) in [5, 5.41) is 16.7. The van der Waals surface area contributed by atoms with Crippen molar-refractivity contribution in [2.75, 3.05) is 30.3 Å². The van der Waals surface area contributed by atoms with Gasteiger partial charge in [-0.3, -0.25) is 43.5 Å². The summed E-state index contributed by atoms with van der Waals surface area (Å²) < 4.78 is 0. The van der Waals surface area contributed by atoms with Gasteiger partial charge in [0, 0.05) is 60.6 Å². The summed E-state index contributed by atoms with van der Waals surface area (Å²) >= 11 is 7.15. The average Bonchev–Trinajstić information content (AvgIpc) is 3.40. The van der Waals surface area contributed by atoms with E-state index < -0.39 is 77.6 Å². The summed E-state index contributed by atoms with van der Waals surface area (Å²) in [7, 11) is 0. The molecular formula is C53H69N13O7S3. The molecule has 7 amide bonds. The highest BCUT2D eigenvalue weighted by atomic mass is 32.2. The smallest absolute Gasteiger partial charge is 0.244 e. The third kappa shape index (κ3) is 20.5. The Morgan fingerprint density at radius 3 is 1.55 bits per heavy atom. The maximum absolute atomic E-state index is 14.6. The summed E-state index contributed by atoms with van der Waals surface area (Å²) in [6, 6.07) is 28.3. The number of nitrogens with one attached hydrogen (secondary N) is 6. The molecule has 0 saturated heterocycles. The molecule has 5 rings (SSSR count). The van der Waals surface area contributed by atoms with Crippen LogP contribution in [0, 0.1) is 0 Å². The third-order valence-electron chi connectivity index (χ3n) is 12.1. The van der Waals surface area contributed by atoms with Crippen molar-refractivity contribution in [2.24, 2.45) is 38.7 Å². The first-order valence-electron chi connectivity index (χ1n) is 24.8. The number of nitrogens with two attached hydrogens (primary N) is 5. The lowest BCUT2D eigenvalue weighted by molar-refractivity contribution is -0.135. The molecular weight excluding hydrogens is 1030 g/mol. The van der Waals surface area contributed by atoms with E-state index in [1.807, 2.05) is 84.9 Å². The van der Waals surface area contributed by atoms with Gasteiger partial charge in [0.1, 0.15) is 36.3 Å². The number of thioether (sulfide) groups is 2. The molecule has 0 unspecified atom stereocenters. The minimum atomic E-state index is -1.36. The van der Waals surface area contributed by atoms with Gasteiger partial charge in [0.05, 0.1) is 0 Å². The van der Waals surface area contributed by atoms with Crippen molar-refractivity contribution in [1.82, 2.24) is 31.9 Å². The fraction of sp³-hybridized carbons (Fsp3) is 0.377. The van der Waals surface area contributed by atoms with E-state index >= 15 is 0 Å². The van der Waals surface area contributed by atoms with Gasteiger partial charge in [-0.25, -0.2) is 0 Å². The van der Waals surface area contributed by atoms with Crippen molar-refractivity contribution in [1.29, 1.82) is 0 Å². The maximum atomic E-state index is 14.6. The Morgan fingerprint density at radius 2 is 1.04 bits per heavy atom. The van der Waals surface area contributed by atoms with Crippen molar-refractivity contribution in [3.8, 4) is 0 Å². The normalized spacial score (nSPS) is 20.4. The lowest BCUT2D eigenvalue weighted by Crippen LogP contribution is -2.60. The predicted molar refractivity (Wildman–Crippen MR) is 303 cm³/mol. The zero-order chi connectivity index (χ0) is 54.8. The molecule has 0 fully saturated rings. The lowest BCUT2D eigenvalue weighted by Gasteiger charge is -2.27. The van der Waals surface area contributed by atoms with Crippen LogP contribution in [0.3, 0.4) is 0 Å². The Bertz CT molecular complexity index is 2570. The predicted octanol–water partition coefficient (Wildman–Crippen LogP) is 1.06.